The average molecular weight is 328 g/mol. The molecule has 0 aliphatic carbocycles. The van der Waals surface area contributed by atoms with E-state index >= 15 is 0 Å². The molecule has 0 saturated heterocycles. The highest BCUT2D eigenvalue weighted by atomic mass is 79.9. The molecule has 5 heteroatoms. The minimum atomic E-state index is 0.364. The van der Waals surface area contributed by atoms with Crippen LogP contribution in [0.1, 0.15) is 12.7 Å². The Labute approximate surface area is 119 Å². The van der Waals surface area contributed by atoms with Crippen molar-refractivity contribution in [2.24, 2.45) is 0 Å². The van der Waals surface area contributed by atoms with E-state index in [-0.39, 0.29) is 0 Å². The molecule has 0 saturated carbocycles. The molecule has 3 nitrogen and oxygen atoms in total. The second-order valence-corrected chi connectivity index (χ2v) is 4.75. The molecule has 0 atom stereocenters. The third-order valence-electron chi connectivity index (χ3n) is 2.34. The Morgan fingerprint density at radius 1 is 1.22 bits per heavy atom. The Balaban J connectivity index is 2.43. The first-order valence-electron chi connectivity index (χ1n) is 5.57. The summed E-state index contributed by atoms with van der Waals surface area (Å²) in [6.45, 7) is 2.92. The standard InChI is InChI=1S/C13H12BrClN2O/c1-2-18-8-10-16-12(11(14)13(15)17-10)9-6-4-3-5-7-9/h3-7H,2,8H2,1H3. The summed E-state index contributed by atoms with van der Waals surface area (Å²) in [5.41, 5.74) is 1.77. The van der Waals surface area contributed by atoms with Gasteiger partial charge in [-0.05, 0) is 22.9 Å². The Morgan fingerprint density at radius 2 is 1.94 bits per heavy atom. The van der Waals surface area contributed by atoms with Crippen LogP contribution in [0.2, 0.25) is 5.15 Å². The van der Waals surface area contributed by atoms with Gasteiger partial charge in [-0.3, -0.25) is 0 Å². The third-order valence-corrected chi connectivity index (χ3v) is 3.59. The second kappa shape index (κ2) is 6.27. The number of rotatable bonds is 4. The zero-order chi connectivity index (χ0) is 13.0. The van der Waals surface area contributed by atoms with E-state index in [0.717, 1.165) is 11.3 Å². The van der Waals surface area contributed by atoms with Crippen LogP contribution in [0.15, 0.2) is 34.8 Å². The molecule has 1 heterocycles. The van der Waals surface area contributed by atoms with Crippen molar-refractivity contribution in [3.8, 4) is 11.3 Å². The molecule has 0 fully saturated rings. The first-order chi connectivity index (χ1) is 8.72. The molecule has 2 aromatic rings. The number of halogens is 2. The van der Waals surface area contributed by atoms with Gasteiger partial charge >= 0.3 is 0 Å². The minimum Gasteiger partial charge on any atom is -0.374 e. The van der Waals surface area contributed by atoms with Gasteiger partial charge in [-0.25, -0.2) is 9.97 Å². The largest absolute Gasteiger partial charge is 0.374 e. The SMILES string of the molecule is CCOCc1nc(Cl)c(Br)c(-c2ccccc2)n1. The first-order valence-corrected chi connectivity index (χ1v) is 6.74. The summed E-state index contributed by atoms with van der Waals surface area (Å²) in [5, 5.41) is 0.401. The van der Waals surface area contributed by atoms with Crippen LogP contribution in [0.5, 0.6) is 0 Å². The Morgan fingerprint density at radius 3 is 2.61 bits per heavy atom. The van der Waals surface area contributed by atoms with Crippen molar-refractivity contribution < 1.29 is 4.74 Å². The van der Waals surface area contributed by atoms with Gasteiger partial charge in [-0.2, -0.15) is 0 Å². The van der Waals surface area contributed by atoms with Crippen molar-refractivity contribution in [1.82, 2.24) is 9.97 Å². The van der Waals surface area contributed by atoms with Crippen LogP contribution in [0.25, 0.3) is 11.3 Å². The fourth-order valence-electron chi connectivity index (χ4n) is 1.51. The van der Waals surface area contributed by atoms with E-state index in [2.05, 4.69) is 25.9 Å². The van der Waals surface area contributed by atoms with E-state index < -0.39 is 0 Å². The molecule has 0 radical (unpaired) electrons. The molecular formula is C13H12BrClN2O. The van der Waals surface area contributed by atoms with Crippen molar-refractivity contribution >= 4 is 27.5 Å². The molecule has 0 spiro atoms. The lowest BCUT2D eigenvalue weighted by Gasteiger charge is -2.08. The summed E-state index contributed by atoms with van der Waals surface area (Å²) < 4.78 is 6.01. The van der Waals surface area contributed by atoms with E-state index in [0.29, 0.717) is 28.7 Å². The van der Waals surface area contributed by atoms with E-state index in [1.165, 1.54) is 0 Å². The molecule has 2 rings (SSSR count). The molecule has 0 amide bonds. The van der Waals surface area contributed by atoms with Crippen LogP contribution in [-0.2, 0) is 11.3 Å². The van der Waals surface area contributed by atoms with Gasteiger partial charge in [0.25, 0.3) is 0 Å². The highest BCUT2D eigenvalue weighted by Crippen LogP contribution is 2.31. The maximum Gasteiger partial charge on any atom is 0.156 e. The second-order valence-electron chi connectivity index (χ2n) is 3.60. The number of aromatic nitrogens is 2. The van der Waals surface area contributed by atoms with Gasteiger partial charge in [0.05, 0.1) is 10.2 Å². The molecule has 0 unspecified atom stereocenters. The summed E-state index contributed by atoms with van der Waals surface area (Å²) in [6, 6.07) is 9.84. The van der Waals surface area contributed by atoms with E-state index in [1.807, 2.05) is 37.3 Å². The summed E-state index contributed by atoms with van der Waals surface area (Å²) >= 11 is 9.52. The van der Waals surface area contributed by atoms with Crippen molar-refractivity contribution in [2.45, 2.75) is 13.5 Å². The lowest BCUT2D eigenvalue weighted by atomic mass is 10.1. The zero-order valence-corrected chi connectivity index (χ0v) is 12.2. The van der Waals surface area contributed by atoms with Gasteiger partial charge in [-0.1, -0.05) is 41.9 Å². The predicted octanol–water partition coefficient (Wildman–Crippen LogP) is 4.10. The molecule has 94 valence electrons. The molecule has 0 aliphatic heterocycles. The number of hydrogen-bond acceptors (Lipinski definition) is 3. The number of hydrogen-bond donors (Lipinski definition) is 0. The Bertz CT molecular complexity index is 534. The molecular weight excluding hydrogens is 316 g/mol. The number of nitrogens with zero attached hydrogens (tertiary/aromatic N) is 2. The van der Waals surface area contributed by atoms with Crippen LogP contribution in [-0.4, -0.2) is 16.6 Å². The highest BCUT2D eigenvalue weighted by molar-refractivity contribution is 9.10. The van der Waals surface area contributed by atoms with Crippen LogP contribution < -0.4 is 0 Å². The molecule has 0 aliphatic rings. The molecule has 18 heavy (non-hydrogen) atoms. The van der Waals surface area contributed by atoms with Gasteiger partial charge in [0, 0.05) is 12.2 Å². The summed E-state index contributed by atoms with van der Waals surface area (Å²) in [5.74, 6) is 0.587. The maximum atomic E-state index is 6.09. The average Bonchev–Trinajstić information content (AvgIpc) is 2.41. The van der Waals surface area contributed by atoms with Crippen LogP contribution in [0, 0.1) is 0 Å². The molecule has 0 N–H and O–H groups in total. The lowest BCUT2D eigenvalue weighted by Crippen LogP contribution is -2.02. The van der Waals surface area contributed by atoms with Crippen molar-refractivity contribution in [3.63, 3.8) is 0 Å². The monoisotopic (exact) mass is 326 g/mol. The number of ether oxygens (including phenoxy) is 1. The minimum absolute atomic E-state index is 0.364. The fourth-order valence-corrected chi connectivity index (χ4v) is 2.10. The van der Waals surface area contributed by atoms with E-state index in [9.17, 15) is 0 Å². The molecule has 1 aromatic carbocycles. The van der Waals surface area contributed by atoms with Gasteiger partial charge in [0.2, 0.25) is 0 Å². The fraction of sp³-hybridized carbons (Fsp3) is 0.231. The zero-order valence-electron chi connectivity index (χ0n) is 9.86. The van der Waals surface area contributed by atoms with Gasteiger partial charge in [0.15, 0.2) is 5.82 Å². The van der Waals surface area contributed by atoms with Crippen molar-refractivity contribution in [3.05, 3.63) is 45.8 Å². The molecule has 0 bridgehead atoms. The van der Waals surface area contributed by atoms with Gasteiger partial charge in [0.1, 0.15) is 11.8 Å². The van der Waals surface area contributed by atoms with Crippen molar-refractivity contribution in [2.75, 3.05) is 6.61 Å². The van der Waals surface area contributed by atoms with Crippen molar-refractivity contribution in [1.29, 1.82) is 0 Å². The van der Waals surface area contributed by atoms with E-state index in [1.54, 1.807) is 0 Å². The third kappa shape index (κ3) is 3.07. The summed E-state index contributed by atoms with van der Waals surface area (Å²) in [7, 11) is 0. The van der Waals surface area contributed by atoms with Gasteiger partial charge in [-0.15, -0.1) is 0 Å². The smallest absolute Gasteiger partial charge is 0.156 e. The Hall–Kier alpha value is -0.970. The van der Waals surface area contributed by atoms with E-state index in [4.69, 9.17) is 16.3 Å². The first kappa shape index (κ1) is 13.5. The normalized spacial score (nSPS) is 10.6. The quantitative estimate of drug-likeness (QED) is 0.793. The van der Waals surface area contributed by atoms with Crippen LogP contribution in [0.3, 0.4) is 0 Å². The topological polar surface area (TPSA) is 35.0 Å². The number of benzene rings is 1. The summed E-state index contributed by atoms with van der Waals surface area (Å²) in [6.07, 6.45) is 0. The Kier molecular flexibility index (Phi) is 4.69. The van der Waals surface area contributed by atoms with Crippen LogP contribution >= 0.6 is 27.5 Å². The van der Waals surface area contributed by atoms with Crippen LogP contribution in [0.4, 0.5) is 0 Å². The summed E-state index contributed by atoms with van der Waals surface area (Å²) in [4.78, 5) is 8.65. The lowest BCUT2D eigenvalue weighted by molar-refractivity contribution is 0.128. The molecule has 1 aromatic heterocycles. The predicted molar refractivity (Wildman–Crippen MR) is 75.5 cm³/mol. The van der Waals surface area contributed by atoms with Gasteiger partial charge < -0.3 is 4.74 Å². The maximum absolute atomic E-state index is 6.09. The highest BCUT2D eigenvalue weighted by Gasteiger charge is 2.12.